The van der Waals surface area contributed by atoms with Crippen LogP contribution in [0.5, 0.6) is 0 Å². The van der Waals surface area contributed by atoms with Gasteiger partial charge >= 0.3 is 6.18 Å². The molecule has 0 aliphatic rings. The van der Waals surface area contributed by atoms with Crippen LogP contribution >= 0.6 is 23.2 Å². The van der Waals surface area contributed by atoms with Crippen molar-refractivity contribution in [3.05, 3.63) is 70.0 Å². The molecule has 0 amide bonds. The molecule has 0 fully saturated rings. The number of rotatable bonds is 4. The van der Waals surface area contributed by atoms with Crippen molar-refractivity contribution >= 4 is 38.9 Å². The average molecular weight is 450 g/mol. The zero-order valence-electron chi connectivity index (χ0n) is 14.1. The summed E-state index contributed by atoms with van der Waals surface area (Å²) in [7, 11) is -4.08. The molecule has 28 heavy (non-hydrogen) atoms. The summed E-state index contributed by atoms with van der Waals surface area (Å²) < 4.78 is 67.4. The number of aromatic nitrogens is 2. The number of aryl methyl sites for hydroxylation is 1. The van der Waals surface area contributed by atoms with E-state index in [1.165, 1.54) is 24.4 Å². The largest absolute Gasteiger partial charge is 0.417 e. The Labute approximate surface area is 168 Å². The third-order valence-electron chi connectivity index (χ3n) is 3.77. The maximum Gasteiger partial charge on any atom is 0.417 e. The van der Waals surface area contributed by atoms with E-state index in [1.54, 1.807) is 19.1 Å². The number of hydrogen-bond donors (Lipinski definition) is 1. The summed E-state index contributed by atoms with van der Waals surface area (Å²) in [6.45, 7) is 1.72. The summed E-state index contributed by atoms with van der Waals surface area (Å²) in [5.41, 5.74) is -0.0848. The van der Waals surface area contributed by atoms with E-state index in [-0.39, 0.29) is 21.6 Å². The Morgan fingerprint density at radius 3 is 2.43 bits per heavy atom. The van der Waals surface area contributed by atoms with E-state index >= 15 is 0 Å². The molecule has 0 atom stereocenters. The highest BCUT2D eigenvalue weighted by Crippen LogP contribution is 2.33. The minimum Gasteiger partial charge on any atom is -0.289 e. The van der Waals surface area contributed by atoms with Gasteiger partial charge in [-0.2, -0.15) is 21.6 Å². The van der Waals surface area contributed by atoms with E-state index in [0.29, 0.717) is 22.8 Å². The number of anilines is 1. The molecule has 0 aliphatic heterocycles. The molecule has 0 radical (unpaired) electrons. The van der Waals surface area contributed by atoms with Gasteiger partial charge in [0.2, 0.25) is 0 Å². The summed E-state index contributed by atoms with van der Waals surface area (Å²) >= 11 is 11.9. The van der Waals surface area contributed by atoms with Crippen LogP contribution in [0.3, 0.4) is 0 Å². The van der Waals surface area contributed by atoms with Gasteiger partial charge in [0.05, 0.1) is 10.6 Å². The standard InChI is InChI=1S/C17H12Cl2F3N3O2S/c1-10-7-12(4-5-13(10)18)24-28(26,27)15-3-2-6-25(15)16-14(19)8-11(9-23-16)17(20,21)22/h2-9,24H,1H3. The van der Waals surface area contributed by atoms with Crippen molar-refractivity contribution < 1.29 is 21.6 Å². The van der Waals surface area contributed by atoms with Crippen LogP contribution in [0.1, 0.15) is 11.1 Å². The molecule has 1 N–H and O–H groups in total. The second kappa shape index (κ2) is 7.31. The van der Waals surface area contributed by atoms with Crippen molar-refractivity contribution in [3.8, 4) is 5.82 Å². The molecule has 2 aromatic heterocycles. The number of halogens is 5. The van der Waals surface area contributed by atoms with Gasteiger partial charge in [0.1, 0.15) is 0 Å². The molecule has 0 aliphatic carbocycles. The highest BCUT2D eigenvalue weighted by molar-refractivity contribution is 7.92. The molecule has 0 saturated carbocycles. The first-order chi connectivity index (χ1) is 13.0. The zero-order chi connectivity index (χ0) is 20.7. The molecule has 5 nitrogen and oxygen atoms in total. The van der Waals surface area contributed by atoms with Crippen molar-refractivity contribution in [3.63, 3.8) is 0 Å². The van der Waals surface area contributed by atoms with Gasteiger partial charge in [-0.15, -0.1) is 0 Å². The molecule has 148 valence electrons. The maximum absolute atomic E-state index is 12.8. The Balaban J connectivity index is 2.00. The Bertz CT molecular complexity index is 1140. The molecule has 1 aromatic carbocycles. The van der Waals surface area contributed by atoms with Gasteiger partial charge in [0, 0.05) is 23.1 Å². The third kappa shape index (κ3) is 4.11. The van der Waals surface area contributed by atoms with Crippen LogP contribution in [0.4, 0.5) is 18.9 Å². The Kier molecular flexibility index (Phi) is 5.35. The highest BCUT2D eigenvalue weighted by Gasteiger charge is 2.32. The van der Waals surface area contributed by atoms with Gasteiger partial charge in [0.25, 0.3) is 10.0 Å². The molecule has 3 rings (SSSR count). The van der Waals surface area contributed by atoms with Crippen LogP contribution in [-0.2, 0) is 16.2 Å². The molecule has 0 saturated heterocycles. The number of hydrogen-bond acceptors (Lipinski definition) is 3. The second-order valence-corrected chi connectivity index (χ2v) is 8.26. The van der Waals surface area contributed by atoms with Crippen molar-refractivity contribution in [1.82, 2.24) is 9.55 Å². The van der Waals surface area contributed by atoms with E-state index in [9.17, 15) is 21.6 Å². The fraction of sp³-hybridized carbons (Fsp3) is 0.118. The van der Waals surface area contributed by atoms with E-state index in [1.807, 2.05) is 0 Å². The third-order valence-corrected chi connectivity index (χ3v) is 5.86. The predicted octanol–water partition coefficient (Wildman–Crippen LogP) is 5.31. The molecule has 0 unspecified atom stereocenters. The summed E-state index contributed by atoms with van der Waals surface area (Å²) in [6.07, 6.45) is -2.69. The molecular weight excluding hydrogens is 438 g/mol. The molecule has 11 heteroatoms. The lowest BCUT2D eigenvalue weighted by atomic mass is 10.2. The fourth-order valence-electron chi connectivity index (χ4n) is 2.44. The number of alkyl halides is 3. The lowest BCUT2D eigenvalue weighted by Crippen LogP contribution is -2.17. The van der Waals surface area contributed by atoms with Gasteiger partial charge in [-0.25, -0.2) is 4.98 Å². The van der Waals surface area contributed by atoms with Gasteiger partial charge < -0.3 is 0 Å². The summed E-state index contributed by atoms with van der Waals surface area (Å²) in [4.78, 5) is 3.70. The Morgan fingerprint density at radius 2 is 1.82 bits per heavy atom. The topological polar surface area (TPSA) is 64.0 Å². The number of benzene rings is 1. The van der Waals surface area contributed by atoms with Gasteiger partial charge in [-0.1, -0.05) is 23.2 Å². The maximum atomic E-state index is 12.8. The van der Waals surface area contributed by atoms with E-state index in [4.69, 9.17) is 23.2 Å². The van der Waals surface area contributed by atoms with Crippen LogP contribution in [0.2, 0.25) is 10.0 Å². The molecule has 3 aromatic rings. The van der Waals surface area contributed by atoms with Gasteiger partial charge in [-0.05, 0) is 48.9 Å². The van der Waals surface area contributed by atoms with Crippen LogP contribution in [-0.4, -0.2) is 18.0 Å². The van der Waals surface area contributed by atoms with E-state index in [2.05, 4.69) is 9.71 Å². The minimum atomic E-state index is -4.62. The first-order valence-corrected chi connectivity index (χ1v) is 9.92. The molecule has 2 heterocycles. The SMILES string of the molecule is Cc1cc(NS(=O)(=O)c2cccn2-c2ncc(C(F)(F)F)cc2Cl)ccc1Cl. The lowest BCUT2D eigenvalue weighted by Gasteiger charge is -2.14. The Morgan fingerprint density at radius 1 is 1.11 bits per heavy atom. The monoisotopic (exact) mass is 449 g/mol. The van der Waals surface area contributed by atoms with Crippen molar-refractivity contribution in [2.75, 3.05) is 4.72 Å². The normalized spacial score (nSPS) is 12.2. The molecule has 0 spiro atoms. The number of sulfonamides is 1. The van der Waals surface area contributed by atoms with Crippen LogP contribution < -0.4 is 4.72 Å². The number of nitrogens with zero attached hydrogens (tertiary/aromatic N) is 2. The second-order valence-electron chi connectivity index (χ2n) is 5.81. The average Bonchev–Trinajstić information content (AvgIpc) is 3.07. The predicted molar refractivity (Wildman–Crippen MR) is 101 cm³/mol. The first kappa shape index (κ1) is 20.5. The van der Waals surface area contributed by atoms with Crippen LogP contribution in [0.25, 0.3) is 5.82 Å². The van der Waals surface area contributed by atoms with Crippen molar-refractivity contribution in [1.29, 1.82) is 0 Å². The number of pyridine rings is 1. The van der Waals surface area contributed by atoms with E-state index in [0.717, 1.165) is 4.57 Å². The molecule has 0 bridgehead atoms. The lowest BCUT2D eigenvalue weighted by molar-refractivity contribution is -0.137. The molecular formula is C17H12Cl2F3N3O2S. The van der Waals surface area contributed by atoms with E-state index < -0.39 is 21.8 Å². The van der Waals surface area contributed by atoms with Gasteiger partial charge in [-0.3, -0.25) is 9.29 Å². The summed E-state index contributed by atoms with van der Waals surface area (Å²) in [6, 6.07) is 7.97. The Hall–Kier alpha value is -2.23. The zero-order valence-corrected chi connectivity index (χ0v) is 16.5. The highest BCUT2D eigenvalue weighted by atomic mass is 35.5. The fourth-order valence-corrected chi connectivity index (χ4v) is 4.02. The van der Waals surface area contributed by atoms with Crippen molar-refractivity contribution in [2.24, 2.45) is 0 Å². The first-order valence-electron chi connectivity index (χ1n) is 7.68. The quantitative estimate of drug-likeness (QED) is 0.586. The summed E-state index contributed by atoms with van der Waals surface area (Å²) in [5, 5.41) is -0.105. The van der Waals surface area contributed by atoms with Crippen LogP contribution in [0.15, 0.2) is 53.8 Å². The summed E-state index contributed by atoms with van der Waals surface area (Å²) in [5.74, 6) is -0.146. The smallest absolute Gasteiger partial charge is 0.289 e. The minimum absolute atomic E-state index is 0.146. The van der Waals surface area contributed by atoms with Gasteiger partial charge in [0.15, 0.2) is 10.8 Å². The van der Waals surface area contributed by atoms with Crippen molar-refractivity contribution in [2.45, 2.75) is 18.1 Å². The van der Waals surface area contributed by atoms with Crippen LogP contribution in [0, 0.1) is 6.92 Å². The number of nitrogens with one attached hydrogen (secondary N) is 1.